The first-order valence-electron chi connectivity index (χ1n) is 8.90. The zero-order chi connectivity index (χ0) is 20.5. The average molecular weight is 397 g/mol. The number of carbonyl (C=O) groups excluding carboxylic acids is 1. The normalized spacial score (nSPS) is 10.5. The molecule has 0 saturated carbocycles. The molecule has 29 heavy (non-hydrogen) atoms. The smallest absolute Gasteiger partial charge is 0.341 e. The maximum absolute atomic E-state index is 12.0. The van der Waals surface area contributed by atoms with Crippen molar-refractivity contribution >= 4 is 11.9 Å². The van der Waals surface area contributed by atoms with E-state index in [-0.39, 0.29) is 24.8 Å². The molecule has 1 amide bonds. The van der Waals surface area contributed by atoms with E-state index in [2.05, 4.69) is 25.4 Å². The molecule has 0 bridgehead atoms. The molecule has 3 aromatic rings. The third-order valence-corrected chi connectivity index (χ3v) is 3.82. The van der Waals surface area contributed by atoms with Gasteiger partial charge in [0.2, 0.25) is 23.4 Å². The van der Waals surface area contributed by atoms with E-state index in [0.717, 1.165) is 5.56 Å². The fraction of sp³-hybridized carbons (Fsp3) is 0.263. The number of aromatic nitrogens is 4. The van der Waals surface area contributed by atoms with Crippen molar-refractivity contribution in [2.45, 2.75) is 19.3 Å². The van der Waals surface area contributed by atoms with Gasteiger partial charge in [-0.2, -0.15) is 4.98 Å². The molecule has 10 heteroatoms. The largest absolute Gasteiger partial charge is 0.482 e. The van der Waals surface area contributed by atoms with Gasteiger partial charge >= 0.3 is 5.97 Å². The molecule has 1 aromatic carbocycles. The quantitative estimate of drug-likeness (QED) is 0.517. The Hall–Kier alpha value is -3.82. The highest BCUT2D eigenvalue weighted by Crippen LogP contribution is 2.12. The van der Waals surface area contributed by atoms with Crippen LogP contribution < -0.4 is 10.1 Å². The van der Waals surface area contributed by atoms with Crippen LogP contribution in [0.3, 0.4) is 0 Å². The van der Waals surface area contributed by atoms with Crippen molar-refractivity contribution in [3.05, 3.63) is 54.2 Å². The number of benzene rings is 1. The number of carboxylic acid groups (broad SMARTS) is 1. The SMILES string of the molecule is O=C(O)COc1ccc(CCNC(=O)CCc2nc(-c3ncccn3)no2)cc1. The Balaban J connectivity index is 1.37. The summed E-state index contributed by atoms with van der Waals surface area (Å²) in [4.78, 5) is 34.7. The zero-order valence-electron chi connectivity index (χ0n) is 15.4. The third kappa shape index (κ3) is 6.38. The van der Waals surface area contributed by atoms with Crippen LogP contribution in [0.4, 0.5) is 0 Å². The predicted octanol–water partition coefficient (Wildman–Crippen LogP) is 1.28. The van der Waals surface area contributed by atoms with E-state index < -0.39 is 5.97 Å². The van der Waals surface area contributed by atoms with Crippen LogP contribution in [-0.4, -0.2) is 50.2 Å². The van der Waals surface area contributed by atoms with Crippen LogP contribution in [0.15, 0.2) is 47.2 Å². The second-order valence-electron chi connectivity index (χ2n) is 6.01. The molecule has 0 saturated heterocycles. The third-order valence-electron chi connectivity index (χ3n) is 3.82. The summed E-state index contributed by atoms with van der Waals surface area (Å²) in [7, 11) is 0. The number of carboxylic acids is 1. The van der Waals surface area contributed by atoms with Crippen molar-refractivity contribution in [1.29, 1.82) is 0 Å². The van der Waals surface area contributed by atoms with Gasteiger partial charge in [-0.15, -0.1) is 0 Å². The summed E-state index contributed by atoms with van der Waals surface area (Å²) in [6.07, 6.45) is 4.35. The Morgan fingerprint density at radius 3 is 2.55 bits per heavy atom. The van der Waals surface area contributed by atoms with Crippen LogP contribution >= 0.6 is 0 Å². The average Bonchev–Trinajstić information content (AvgIpc) is 3.21. The van der Waals surface area contributed by atoms with Gasteiger partial charge in [-0.25, -0.2) is 14.8 Å². The Morgan fingerprint density at radius 1 is 1.07 bits per heavy atom. The molecule has 0 aliphatic rings. The van der Waals surface area contributed by atoms with Crippen LogP contribution in [-0.2, 0) is 22.4 Å². The number of amides is 1. The fourth-order valence-electron chi connectivity index (χ4n) is 2.41. The standard InChI is InChI=1S/C19H19N5O5/c25-15(6-7-16-23-19(24-29-16)18-21-9-1-10-22-18)20-11-8-13-2-4-14(5-3-13)28-12-17(26)27/h1-5,9-10H,6-8,11-12H2,(H,20,25)(H,26,27). The fourth-order valence-corrected chi connectivity index (χ4v) is 2.41. The molecule has 10 nitrogen and oxygen atoms in total. The molecule has 0 fully saturated rings. The van der Waals surface area contributed by atoms with Crippen molar-refractivity contribution < 1.29 is 24.0 Å². The molecule has 0 spiro atoms. The lowest BCUT2D eigenvalue weighted by molar-refractivity contribution is -0.139. The molecule has 2 aromatic heterocycles. The Kier molecular flexibility index (Phi) is 6.82. The minimum Gasteiger partial charge on any atom is -0.482 e. The number of aryl methyl sites for hydroxylation is 1. The van der Waals surface area contributed by atoms with Gasteiger partial charge in [-0.3, -0.25) is 4.79 Å². The molecule has 2 N–H and O–H groups in total. The van der Waals surface area contributed by atoms with E-state index in [9.17, 15) is 9.59 Å². The maximum atomic E-state index is 12.0. The summed E-state index contributed by atoms with van der Waals surface area (Å²) in [6.45, 7) is 0.0937. The molecule has 0 aliphatic carbocycles. The van der Waals surface area contributed by atoms with E-state index in [1.54, 1.807) is 30.6 Å². The number of nitrogens with zero attached hydrogens (tertiary/aromatic N) is 4. The molecular weight excluding hydrogens is 378 g/mol. The van der Waals surface area contributed by atoms with Gasteiger partial charge in [0.05, 0.1) is 0 Å². The summed E-state index contributed by atoms with van der Waals surface area (Å²) >= 11 is 0. The van der Waals surface area contributed by atoms with Gasteiger partial charge in [0.25, 0.3) is 0 Å². The van der Waals surface area contributed by atoms with E-state index in [1.807, 2.05) is 12.1 Å². The van der Waals surface area contributed by atoms with Gasteiger partial charge in [0.15, 0.2) is 6.61 Å². The minimum absolute atomic E-state index is 0.123. The number of rotatable bonds is 10. The number of aliphatic carboxylic acids is 1. The molecule has 0 aliphatic heterocycles. The van der Waals surface area contributed by atoms with Gasteiger partial charge in [0, 0.05) is 31.8 Å². The molecule has 3 rings (SSSR count). The number of carbonyl (C=O) groups is 2. The van der Waals surface area contributed by atoms with E-state index in [1.165, 1.54) is 0 Å². The second kappa shape index (κ2) is 9.93. The summed E-state index contributed by atoms with van der Waals surface area (Å²) in [5.74, 6) is 0.340. The van der Waals surface area contributed by atoms with Crippen LogP contribution in [0, 0.1) is 0 Å². The molecular formula is C19H19N5O5. The van der Waals surface area contributed by atoms with Crippen molar-refractivity contribution in [3.8, 4) is 17.4 Å². The van der Waals surface area contributed by atoms with E-state index in [4.69, 9.17) is 14.4 Å². The van der Waals surface area contributed by atoms with Crippen LogP contribution in [0.2, 0.25) is 0 Å². The summed E-state index contributed by atoms with van der Waals surface area (Å²) in [5, 5.41) is 15.2. The maximum Gasteiger partial charge on any atom is 0.341 e. The first-order chi connectivity index (χ1) is 14.1. The first-order valence-corrected chi connectivity index (χ1v) is 8.90. The Labute approximate surface area is 166 Å². The van der Waals surface area contributed by atoms with Gasteiger partial charge in [-0.1, -0.05) is 17.3 Å². The van der Waals surface area contributed by atoms with E-state index >= 15 is 0 Å². The Bertz CT molecular complexity index is 943. The summed E-state index contributed by atoms with van der Waals surface area (Å²) in [6, 6.07) is 8.74. The topological polar surface area (TPSA) is 140 Å². The molecule has 0 unspecified atom stereocenters. The number of hydrogen-bond acceptors (Lipinski definition) is 8. The minimum atomic E-state index is -1.03. The zero-order valence-corrected chi connectivity index (χ0v) is 15.4. The first kappa shape index (κ1) is 19.9. The summed E-state index contributed by atoms with van der Waals surface area (Å²) < 4.78 is 10.2. The van der Waals surface area contributed by atoms with Gasteiger partial charge in [-0.05, 0) is 30.2 Å². The number of hydrogen-bond donors (Lipinski definition) is 2. The van der Waals surface area contributed by atoms with Gasteiger partial charge in [0.1, 0.15) is 5.75 Å². The van der Waals surface area contributed by atoms with Crippen LogP contribution in [0.5, 0.6) is 5.75 Å². The lowest BCUT2D eigenvalue weighted by Gasteiger charge is -2.06. The van der Waals surface area contributed by atoms with Crippen molar-refractivity contribution in [2.75, 3.05) is 13.2 Å². The van der Waals surface area contributed by atoms with Crippen LogP contribution in [0.1, 0.15) is 17.9 Å². The monoisotopic (exact) mass is 397 g/mol. The lowest BCUT2D eigenvalue weighted by Crippen LogP contribution is -2.25. The predicted molar refractivity (Wildman–Crippen MR) is 99.9 cm³/mol. The summed E-state index contributed by atoms with van der Waals surface area (Å²) in [5.41, 5.74) is 0.998. The van der Waals surface area contributed by atoms with Crippen LogP contribution in [0.25, 0.3) is 11.6 Å². The van der Waals surface area contributed by atoms with Crippen molar-refractivity contribution in [3.63, 3.8) is 0 Å². The number of ether oxygens (including phenoxy) is 1. The Morgan fingerprint density at radius 2 is 1.83 bits per heavy atom. The molecule has 150 valence electrons. The van der Waals surface area contributed by atoms with Crippen molar-refractivity contribution in [1.82, 2.24) is 25.4 Å². The highest BCUT2D eigenvalue weighted by Gasteiger charge is 2.12. The number of nitrogens with one attached hydrogen (secondary N) is 1. The van der Waals surface area contributed by atoms with E-state index in [0.29, 0.717) is 36.9 Å². The lowest BCUT2D eigenvalue weighted by atomic mass is 10.1. The highest BCUT2D eigenvalue weighted by atomic mass is 16.5. The second-order valence-corrected chi connectivity index (χ2v) is 6.01. The molecule has 0 radical (unpaired) electrons. The molecule has 2 heterocycles. The van der Waals surface area contributed by atoms with Gasteiger partial charge < -0.3 is 19.7 Å². The molecule has 0 atom stereocenters. The van der Waals surface area contributed by atoms with Crippen molar-refractivity contribution in [2.24, 2.45) is 0 Å². The highest BCUT2D eigenvalue weighted by molar-refractivity contribution is 5.76.